The average molecular weight is 397 g/mol. The summed E-state index contributed by atoms with van der Waals surface area (Å²) in [6, 6.07) is 15.7. The van der Waals surface area contributed by atoms with Crippen LogP contribution in [0.3, 0.4) is 0 Å². The highest BCUT2D eigenvalue weighted by Crippen LogP contribution is 2.22. The Kier molecular flexibility index (Phi) is 7.61. The molecule has 156 valence electrons. The summed E-state index contributed by atoms with van der Waals surface area (Å²) in [5, 5.41) is 12.8. The molecule has 1 aliphatic heterocycles. The summed E-state index contributed by atoms with van der Waals surface area (Å²) in [4.78, 5) is 9.58. The largest absolute Gasteiger partial charge is 0.508 e. The Hall–Kier alpha value is -2.89. The fraction of sp³-hybridized carbons (Fsp3) is 0.435. The van der Waals surface area contributed by atoms with Gasteiger partial charge in [-0.2, -0.15) is 0 Å². The first-order chi connectivity index (χ1) is 14.2. The molecule has 6 heteroatoms. The number of hydrogen-bond donors (Lipinski definition) is 2. The third kappa shape index (κ3) is 6.04. The number of ether oxygens (including phenoxy) is 1. The Labute approximate surface area is 173 Å². The highest BCUT2D eigenvalue weighted by Gasteiger charge is 2.20. The Bertz CT molecular complexity index is 784. The second-order valence-electron chi connectivity index (χ2n) is 7.18. The van der Waals surface area contributed by atoms with E-state index in [1.165, 1.54) is 11.3 Å². The Morgan fingerprint density at radius 2 is 1.86 bits per heavy atom. The fourth-order valence-electron chi connectivity index (χ4n) is 3.54. The topological polar surface area (TPSA) is 60.3 Å². The fourth-order valence-corrected chi connectivity index (χ4v) is 3.54. The number of phenolic OH excluding ortho intramolecular Hbond substituents is 1. The van der Waals surface area contributed by atoms with Crippen LogP contribution in [0.4, 0.5) is 5.69 Å². The van der Waals surface area contributed by atoms with Crippen LogP contribution in [0.25, 0.3) is 0 Å². The number of aryl methyl sites for hydroxylation is 1. The zero-order valence-electron chi connectivity index (χ0n) is 17.5. The minimum Gasteiger partial charge on any atom is -0.508 e. The maximum atomic E-state index is 9.38. The number of aliphatic imine (C=N–C) groups is 1. The number of piperazine rings is 1. The first-order valence-electron chi connectivity index (χ1n) is 10.4. The molecule has 0 amide bonds. The lowest BCUT2D eigenvalue weighted by Crippen LogP contribution is -2.52. The summed E-state index contributed by atoms with van der Waals surface area (Å²) in [6.45, 7) is 7.59. The smallest absolute Gasteiger partial charge is 0.194 e. The predicted octanol–water partition coefficient (Wildman–Crippen LogP) is 3.12. The van der Waals surface area contributed by atoms with Gasteiger partial charge < -0.3 is 25.0 Å². The van der Waals surface area contributed by atoms with Crippen LogP contribution in [-0.2, 0) is 6.42 Å². The summed E-state index contributed by atoms with van der Waals surface area (Å²) < 4.78 is 5.35. The number of methoxy groups -OCH3 is 1. The molecule has 1 fully saturated rings. The van der Waals surface area contributed by atoms with Crippen molar-refractivity contribution in [1.82, 2.24) is 10.2 Å². The zero-order chi connectivity index (χ0) is 20.5. The van der Waals surface area contributed by atoms with Gasteiger partial charge in [0.15, 0.2) is 5.96 Å². The van der Waals surface area contributed by atoms with E-state index in [1.807, 2.05) is 24.3 Å². The van der Waals surface area contributed by atoms with Gasteiger partial charge in [-0.25, -0.2) is 0 Å². The van der Waals surface area contributed by atoms with E-state index < -0.39 is 0 Å². The van der Waals surface area contributed by atoms with Gasteiger partial charge in [-0.05, 0) is 49.6 Å². The maximum Gasteiger partial charge on any atom is 0.194 e. The lowest BCUT2D eigenvalue weighted by atomic mass is 10.1. The molecular formula is C23H32N4O2. The van der Waals surface area contributed by atoms with E-state index in [1.54, 1.807) is 19.2 Å². The summed E-state index contributed by atoms with van der Waals surface area (Å²) in [5.41, 5.74) is 2.44. The molecule has 1 saturated heterocycles. The molecule has 6 nitrogen and oxygen atoms in total. The molecule has 29 heavy (non-hydrogen) atoms. The van der Waals surface area contributed by atoms with Crippen molar-refractivity contribution in [2.24, 2.45) is 4.99 Å². The molecule has 1 heterocycles. The second-order valence-corrected chi connectivity index (χ2v) is 7.18. The molecule has 3 rings (SSSR count). The van der Waals surface area contributed by atoms with Gasteiger partial charge in [0.1, 0.15) is 11.5 Å². The van der Waals surface area contributed by atoms with Crippen molar-refractivity contribution in [2.45, 2.75) is 19.8 Å². The molecule has 0 atom stereocenters. The molecule has 0 aliphatic carbocycles. The lowest BCUT2D eigenvalue weighted by molar-refractivity contribution is 0.372. The van der Waals surface area contributed by atoms with Gasteiger partial charge >= 0.3 is 0 Å². The normalized spacial score (nSPS) is 14.8. The van der Waals surface area contributed by atoms with E-state index in [-0.39, 0.29) is 0 Å². The Morgan fingerprint density at radius 3 is 2.55 bits per heavy atom. The quantitative estimate of drug-likeness (QED) is 0.428. The van der Waals surface area contributed by atoms with Crippen LogP contribution >= 0.6 is 0 Å². The molecule has 2 N–H and O–H groups in total. The van der Waals surface area contributed by atoms with Gasteiger partial charge in [-0.1, -0.05) is 18.2 Å². The highest BCUT2D eigenvalue weighted by atomic mass is 16.5. The van der Waals surface area contributed by atoms with E-state index in [0.29, 0.717) is 5.75 Å². The summed E-state index contributed by atoms with van der Waals surface area (Å²) in [7, 11) is 1.71. The third-order valence-corrected chi connectivity index (χ3v) is 5.15. The minimum atomic E-state index is 0.314. The van der Waals surface area contributed by atoms with Crippen LogP contribution in [0.2, 0.25) is 0 Å². The molecular weight excluding hydrogens is 364 g/mol. The van der Waals surface area contributed by atoms with E-state index in [9.17, 15) is 5.11 Å². The molecule has 0 bridgehead atoms. The van der Waals surface area contributed by atoms with Crippen LogP contribution in [0.1, 0.15) is 18.9 Å². The minimum absolute atomic E-state index is 0.314. The Morgan fingerprint density at radius 1 is 1.10 bits per heavy atom. The number of phenols is 1. The van der Waals surface area contributed by atoms with Crippen molar-refractivity contribution in [3.8, 4) is 11.5 Å². The van der Waals surface area contributed by atoms with Crippen molar-refractivity contribution >= 4 is 11.6 Å². The van der Waals surface area contributed by atoms with Crippen LogP contribution in [0.15, 0.2) is 53.5 Å². The van der Waals surface area contributed by atoms with Crippen LogP contribution in [-0.4, -0.2) is 62.3 Å². The van der Waals surface area contributed by atoms with Gasteiger partial charge in [-0.3, -0.25) is 4.99 Å². The van der Waals surface area contributed by atoms with Crippen LogP contribution in [0, 0.1) is 0 Å². The lowest BCUT2D eigenvalue weighted by Gasteiger charge is -2.37. The van der Waals surface area contributed by atoms with E-state index >= 15 is 0 Å². The Balaban J connectivity index is 1.51. The van der Waals surface area contributed by atoms with Gasteiger partial charge in [0, 0.05) is 51.0 Å². The summed E-state index contributed by atoms with van der Waals surface area (Å²) in [5.74, 6) is 2.21. The first-order valence-corrected chi connectivity index (χ1v) is 10.4. The predicted molar refractivity (Wildman–Crippen MR) is 119 cm³/mol. The standard InChI is InChI=1S/C23H32N4O2/c1-3-24-23(25-13-5-6-19-9-11-21(28)12-10-19)27-16-14-26(15-17-27)20-7-4-8-22(18-20)29-2/h4,7-12,18,28H,3,5-6,13-17H2,1-2H3,(H,24,25). The number of anilines is 1. The average Bonchev–Trinajstić information content (AvgIpc) is 2.77. The van der Waals surface area contributed by atoms with E-state index in [4.69, 9.17) is 9.73 Å². The third-order valence-electron chi connectivity index (χ3n) is 5.15. The van der Waals surface area contributed by atoms with Gasteiger partial charge in [0.25, 0.3) is 0 Å². The molecule has 0 radical (unpaired) electrons. The maximum absolute atomic E-state index is 9.38. The molecule has 0 spiro atoms. The zero-order valence-corrected chi connectivity index (χ0v) is 17.5. The van der Waals surface area contributed by atoms with Crippen molar-refractivity contribution in [1.29, 1.82) is 0 Å². The van der Waals surface area contributed by atoms with Gasteiger partial charge in [-0.15, -0.1) is 0 Å². The van der Waals surface area contributed by atoms with Crippen molar-refractivity contribution in [3.63, 3.8) is 0 Å². The number of guanidine groups is 1. The van der Waals surface area contributed by atoms with E-state index in [2.05, 4.69) is 34.2 Å². The van der Waals surface area contributed by atoms with Gasteiger partial charge in [0.2, 0.25) is 0 Å². The van der Waals surface area contributed by atoms with Crippen molar-refractivity contribution in [2.75, 3.05) is 51.3 Å². The molecule has 0 aromatic heterocycles. The number of nitrogens with one attached hydrogen (secondary N) is 1. The van der Waals surface area contributed by atoms with Gasteiger partial charge in [0.05, 0.1) is 7.11 Å². The number of hydrogen-bond acceptors (Lipinski definition) is 4. The van der Waals surface area contributed by atoms with Crippen molar-refractivity contribution in [3.05, 3.63) is 54.1 Å². The number of nitrogens with zero attached hydrogens (tertiary/aromatic N) is 3. The SMILES string of the molecule is CCNC(=NCCCc1ccc(O)cc1)N1CCN(c2cccc(OC)c2)CC1. The van der Waals surface area contributed by atoms with Crippen LogP contribution in [0.5, 0.6) is 11.5 Å². The molecule has 2 aromatic carbocycles. The molecule has 1 aliphatic rings. The number of rotatable bonds is 7. The molecule has 0 unspecified atom stereocenters. The van der Waals surface area contributed by atoms with Crippen LogP contribution < -0.4 is 15.0 Å². The van der Waals surface area contributed by atoms with E-state index in [0.717, 1.165) is 63.8 Å². The number of aromatic hydroxyl groups is 1. The number of benzene rings is 2. The summed E-state index contributed by atoms with van der Waals surface area (Å²) >= 11 is 0. The molecule has 2 aromatic rings. The second kappa shape index (κ2) is 10.6. The molecule has 0 saturated carbocycles. The monoisotopic (exact) mass is 396 g/mol. The first kappa shape index (κ1) is 20.8. The highest BCUT2D eigenvalue weighted by molar-refractivity contribution is 5.80. The van der Waals surface area contributed by atoms with Crippen molar-refractivity contribution < 1.29 is 9.84 Å². The summed E-state index contributed by atoms with van der Waals surface area (Å²) in [6.07, 6.45) is 1.95.